The molecule has 4 rings (SSSR count). The smallest absolute Gasteiger partial charge is 0.330 e. The number of amides is 1. The topological polar surface area (TPSA) is 98.5 Å². The highest BCUT2D eigenvalue weighted by atomic mass is 35.5. The van der Waals surface area contributed by atoms with Gasteiger partial charge in [-0.1, -0.05) is 60.5 Å². The second-order valence-corrected chi connectivity index (χ2v) is 8.97. The van der Waals surface area contributed by atoms with Crippen molar-refractivity contribution in [2.45, 2.75) is 32.4 Å². The second-order valence-electron chi connectivity index (χ2n) is 8.12. The molecule has 0 fully saturated rings. The van der Waals surface area contributed by atoms with E-state index in [0.717, 1.165) is 5.56 Å². The molecule has 36 heavy (non-hydrogen) atoms. The van der Waals surface area contributed by atoms with Crippen molar-refractivity contribution >= 4 is 47.2 Å². The molecule has 4 aromatic rings. The van der Waals surface area contributed by atoms with Gasteiger partial charge in [0.05, 0.1) is 18.8 Å². The number of halogens is 3. The molecule has 190 valence electrons. The number of hydrogen-bond acceptors (Lipinski definition) is 5. The van der Waals surface area contributed by atoms with Crippen molar-refractivity contribution < 1.29 is 4.79 Å². The largest absolute Gasteiger partial charge is 0.352 e. The van der Waals surface area contributed by atoms with Gasteiger partial charge in [0.2, 0.25) is 0 Å². The molecule has 0 saturated heterocycles. The minimum absolute atomic E-state index is 0. The molecule has 2 heterocycles. The molecule has 2 N–H and O–H groups in total. The van der Waals surface area contributed by atoms with E-state index in [9.17, 15) is 9.59 Å². The monoisotopic (exact) mass is 548 g/mol. The van der Waals surface area contributed by atoms with Gasteiger partial charge in [-0.25, -0.2) is 9.78 Å². The van der Waals surface area contributed by atoms with Crippen LogP contribution in [-0.4, -0.2) is 43.1 Å². The summed E-state index contributed by atoms with van der Waals surface area (Å²) < 4.78 is 2.75. The molecule has 1 atom stereocenters. The summed E-state index contributed by atoms with van der Waals surface area (Å²) >= 11 is 12.3. The molecule has 1 amide bonds. The van der Waals surface area contributed by atoms with Crippen LogP contribution in [0.4, 0.5) is 0 Å². The zero-order chi connectivity index (χ0) is 24.9. The van der Waals surface area contributed by atoms with Crippen LogP contribution in [0.5, 0.6) is 0 Å². The Morgan fingerprint density at radius 2 is 1.81 bits per heavy atom. The van der Waals surface area contributed by atoms with Crippen LogP contribution in [0.1, 0.15) is 47.6 Å². The molecule has 0 aliphatic carbocycles. The van der Waals surface area contributed by atoms with Crippen LogP contribution in [-0.2, 0) is 6.54 Å². The SMILES string of the molecule is CCC(c1nc2c(Cl)cnn2c(=O)n1Cc1ccccc1)N(CCCN)C(=O)c1ccc(Cl)cc1.Cl. The third-order valence-corrected chi connectivity index (χ3v) is 6.33. The first-order valence-electron chi connectivity index (χ1n) is 11.4. The van der Waals surface area contributed by atoms with Crippen LogP contribution in [0.2, 0.25) is 10.0 Å². The Hall–Kier alpha value is -2.91. The first-order chi connectivity index (χ1) is 16.9. The molecule has 8 nitrogen and oxygen atoms in total. The second kappa shape index (κ2) is 12.4. The molecule has 0 spiro atoms. The standard InChI is InChI=1S/C25H26Cl2N6O2.ClH/c1-2-21(31(14-6-13-28)24(34)18-9-11-19(26)12-10-18)23-30-22-20(27)15-29-33(22)25(35)32(23)16-17-7-4-3-5-8-17;/h3-5,7-12,15,21H,2,6,13-14,16,28H2,1H3;1H. The summed E-state index contributed by atoms with van der Waals surface area (Å²) in [6.07, 6.45) is 2.51. The lowest BCUT2D eigenvalue weighted by atomic mass is 10.1. The van der Waals surface area contributed by atoms with E-state index in [1.807, 2.05) is 37.3 Å². The maximum Gasteiger partial charge on any atom is 0.352 e. The van der Waals surface area contributed by atoms with Gasteiger partial charge in [-0.3, -0.25) is 9.36 Å². The molecule has 0 radical (unpaired) electrons. The summed E-state index contributed by atoms with van der Waals surface area (Å²) in [7, 11) is 0. The van der Waals surface area contributed by atoms with E-state index in [2.05, 4.69) is 5.10 Å². The summed E-state index contributed by atoms with van der Waals surface area (Å²) in [6, 6.07) is 15.8. The zero-order valence-corrected chi connectivity index (χ0v) is 22.0. The summed E-state index contributed by atoms with van der Waals surface area (Å²) in [4.78, 5) is 33.7. The molecular formula is C25H27Cl3N6O2. The lowest BCUT2D eigenvalue weighted by molar-refractivity contribution is 0.0655. The van der Waals surface area contributed by atoms with Crippen LogP contribution in [0.15, 0.2) is 65.6 Å². The van der Waals surface area contributed by atoms with E-state index in [1.54, 1.807) is 33.7 Å². The normalized spacial score (nSPS) is 11.8. The maximum atomic E-state index is 13.7. The van der Waals surface area contributed by atoms with Crippen molar-refractivity contribution in [1.29, 1.82) is 0 Å². The summed E-state index contributed by atoms with van der Waals surface area (Å²) in [5.74, 6) is 0.248. The number of rotatable bonds is 9. The Morgan fingerprint density at radius 3 is 2.44 bits per heavy atom. The van der Waals surface area contributed by atoms with Crippen molar-refractivity contribution in [3.8, 4) is 0 Å². The number of hydrogen-bond donors (Lipinski definition) is 1. The number of fused-ring (bicyclic) bond motifs is 1. The Morgan fingerprint density at radius 1 is 1.11 bits per heavy atom. The van der Waals surface area contributed by atoms with Gasteiger partial charge in [0.25, 0.3) is 5.91 Å². The van der Waals surface area contributed by atoms with Crippen molar-refractivity contribution in [3.63, 3.8) is 0 Å². The fourth-order valence-electron chi connectivity index (χ4n) is 4.07. The third-order valence-electron chi connectivity index (χ3n) is 5.81. The highest BCUT2D eigenvalue weighted by Gasteiger charge is 2.29. The van der Waals surface area contributed by atoms with E-state index < -0.39 is 6.04 Å². The number of aromatic nitrogens is 4. The maximum absolute atomic E-state index is 13.7. The average molecular weight is 550 g/mol. The molecular weight excluding hydrogens is 523 g/mol. The van der Waals surface area contributed by atoms with Gasteiger partial charge in [-0.2, -0.15) is 9.61 Å². The molecule has 0 aliphatic heterocycles. The number of nitrogens with two attached hydrogens (primary N) is 1. The zero-order valence-electron chi connectivity index (χ0n) is 19.7. The van der Waals surface area contributed by atoms with E-state index in [4.69, 9.17) is 33.9 Å². The summed E-state index contributed by atoms with van der Waals surface area (Å²) in [6.45, 7) is 3.04. The highest BCUT2D eigenvalue weighted by Crippen LogP contribution is 2.27. The van der Waals surface area contributed by atoms with E-state index >= 15 is 0 Å². The lowest BCUT2D eigenvalue weighted by Crippen LogP contribution is -2.41. The molecule has 1 unspecified atom stereocenters. The highest BCUT2D eigenvalue weighted by molar-refractivity contribution is 6.33. The van der Waals surface area contributed by atoms with Crippen molar-refractivity contribution in [2.24, 2.45) is 5.73 Å². The number of carbonyl (C=O) groups is 1. The van der Waals surface area contributed by atoms with Gasteiger partial charge in [-0.05, 0) is 49.2 Å². The minimum atomic E-state index is -0.503. The van der Waals surface area contributed by atoms with Crippen molar-refractivity contribution in [1.82, 2.24) is 24.1 Å². The predicted molar refractivity (Wildman–Crippen MR) is 144 cm³/mol. The van der Waals surface area contributed by atoms with Crippen LogP contribution >= 0.6 is 35.6 Å². The van der Waals surface area contributed by atoms with Crippen LogP contribution in [0, 0.1) is 0 Å². The first kappa shape index (κ1) is 27.7. The molecule has 11 heteroatoms. The number of benzene rings is 2. The molecule has 2 aromatic heterocycles. The Balaban J connectivity index is 0.00000361. The van der Waals surface area contributed by atoms with Crippen LogP contribution < -0.4 is 11.4 Å². The molecule has 0 aliphatic rings. The van der Waals surface area contributed by atoms with Gasteiger partial charge in [0.1, 0.15) is 10.8 Å². The van der Waals surface area contributed by atoms with Crippen molar-refractivity contribution in [3.05, 3.63) is 98.3 Å². The summed E-state index contributed by atoms with van der Waals surface area (Å²) in [5, 5.41) is 4.92. The first-order valence-corrected chi connectivity index (χ1v) is 12.1. The fourth-order valence-corrected chi connectivity index (χ4v) is 4.37. The quantitative estimate of drug-likeness (QED) is 0.329. The van der Waals surface area contributed by atoms with Gasteiger partial charge in [-0.15, -0.1) is 12.4 Å². The Kier molecular flexibility index (Phi) is 9.50. The van der Waals surface area contributed by atoms with Gasteiger partial charge in [0.15, 0.2) is 5.65 Å². The van der Waals surface area contributed by atoms with Gasteiger partial charge < -0.3 is 10.6 Å². The van der Waals surface area contributed by atoms with E-state index in [0.29, 0.717) is 42.3 Å². The van der Waals surface area contributed by atoms with Crippen LogP contribution in [0.25, 0.3) is 5.65 Å². The van der Waals surface area contributed by atoms with Gasteiger partial charge in [0, 0.05) is 17.1 Å². The number of nitrogens with zero attached hydrogens (tertiary/aromatic N) is 5. The predicted octanol–water partition coefficient (Wildman–Crippen LogP) is 4.61. The summed E-state index contributed by atoms with van der Waals surface area (Å²) in [5.41, 5.74) is 7.09. The van der Waals surface area contributed by atoms with Crippen molar-refractivity contribution in [2.75, 3.05) is 13.1 Å². The molecule has 0 bridgehead atoms. The number of carbonyl (C=O) groups excluding carboxylic acids is 1. The van der Waals surface area contributed by atoms with Crippen LogP contribution in [0.3, 0.4) is 0 Å². The molecule has 2 aromatic carbocycles. The van der Waals surface area contributed by atoms with E-state index in [-0.39, 0.29) is 41.2 Å². The van der Waals surface area contributed by atoms with E-state index in [1.165, 1.54) is 10.7 Å². The molecule has 0 saturated carbocycles. The fraction of sp³-hybridized carbons (Fsp3) is 0.280. The average Bonchev–Trinajstić information content (AvgIpc) is 3.25. The lowest BCUT2D eigenvalue weighted by Gasteiger charge is -2.32. The Labute approximate surface area is 225 Å². The minimum Gasteiger partial charge on any atom is -0.330 e. The third kappa shape index (κ3) is 5.73. The Bertz CT molecular complexity index is 1370. The van der Waals surface area contributed by atoms with Gasteiger partial charge >= 0.3 is 5.69 Å².